The van der Waals surface area contributed by atoms with Gasteiger partial charge in [-0.3, -0.25) is 24.5 Å². The fourth-order valence-corrected chi connectivity index (χ4v) is 8.85. The van der Waals surface area contributed by atoms with Gasteiger partial charge < -0.3 is 24.0 Å². The van der Waals surface area contributed by atoms with Crippen molar-refractivity contribution in [3.05, 3.63) is 65.6 Å². The Hall–Kier alpha value is -4.56. The van der Waals surface area contributed by atoms with Gasteiger partial charge in [0.2, 0.25) is 0 Å². The van der Waals surface area contributed by atoms with E-state index in [1.807, 2.05) is 40.1 Å². The van der Waals surface area contributed by atoms with E-state index in [1.54, 1.807) is 16.0 Å². The number of nitrogens with zero attached hydrogens (tertiary/aromatic N) is 8. The molecule has 1 aromatic carbocycles. The van der Waals surface area contributed by atoms with E-state index in [2.05, 4.69) is 24.7 Å². The second kappa shape index (κ2) is 14.0. The van der Waals surface area contributed by atoms with E-state index in [0.29, 0.717) is 24.7 Å². The third-order valence-corrected chi connectivity index (χ3v) is 11.8. The predicted octanol–water partition coefficient (Wildman–Crippen LogP) is 4.61. The maximum atomic E-state index is 14.3. The Balaban J connectivity index is 0.840. The summed E-state index contributed by atoms with van der Waals surface area (Å²) in [4.78, 5) is 49.2. The predicted molar refractivity (Wildman–Crippen MR) is 195 cm³/mol. The summed E-state index contributed by atoms with van der Waals surface area (Å²) in [6, 6.07) is 5.99. The van der Waals surface area contributed by atoms with Crippen LogP contribution in [0.5, 0.6) is 17.2 Å². The molecule has 0 unspecified atom stereocenters. The van der Waals surface area contributed by atoms with Crippen LogP contribution in [0.4, 0.5) is 15.0 Å². The van der Waals surface area contributed by atoms with Crippen LogP contribution in [0.25, 0.3) is 0 Å². The van der Waals surface area contributed by atoms with Gasteiger partial charge in [0, 0.05) is 88.2 Å². The molecule has 1 saturated carbocycles. The highest BCUT2D eigenvalue weighted by Crippen LogP contribution is 2.52. The van der Waals surface area contributed by atoms with Gasteiger partial charge in [0.1, 0.15) is 41.9 Å². The van der Waals surface area contributed by atoms with Crippen molar-refractivity contribution in [1.29, 1.82) is 0 Å². The molecule has 3 saturated heterocycles. The zero-order valence-corrected chi connectivity index (χ0v) is 31.1. The number of rotatable bonds is 12. The lowest BCUT2D eigenvalue weighted by Gasteiger charge is -2.59. The first kappa shape index (κ1) is 35.5. The maximum absolute atomic E-state index is 14.3. The molecule has 0 atom stereocenters. The minimum absolute atomic E-state index is 0.0455. The number of hydrogen-bond donors (Lipinski definition) is 0. The molecule has 3 aromatic rings. The fourth-order valence-electron chi connectivity index (χ4n) is 8.85. The fraction of sp³-hybridized carbons (Fsp3) is 0.564. The van der Waals surface area contributed by atoms with Crippen LogP contribution in [-0.2, 0) is 17.7 Å². The normalized spacial score (nSPS) is 20.5. The average molecular weight is 729 g/mol. The van der Waals surface area contributed by atoms with E-state index in [-0.39, 0.29) is 46.4 Å². The molecule has 14 heteroatoms. The summed E-state index contributed by atoms with van der Waals surface area (Å²) in [6.07, 6.45) is 8.78. The van der Waals surface area contributed by atoms with E-state index >= 15 is 0 Å². The SMILES string of the molecule is CCN(C(=O)c1cc(F)ccc1Oc1cncnc1N1CC2(CC(Oc3ccnc4c3CN(CCCN3CC5(COC(=O)N5C)C3)CC4)C2)C1)C(C)C. The Morgan fingerprint density at radius 1 is 1.08 bits per heavy atom. The Morgan fingerprint density at radius 3 is 2.60 bits per heavy atom. The van der Waals surface area contributed by atoms with Crippen molar-refractivity contribution in [2.24, 2.45) is 5.41 Å². The van der Waals surface area contributed by atoms with Gasteiger partial charge in [0.25, 0.3) is 5.91 Å². The minimum Gasteiger partial charge on any atom is -0.490 e. The summed E-state index contributed by atoms with van der Waals surface area (Å²) in [5.74, 6) is 1.52. The number of pyridine rings is 1. The van der Waals surface area contributed by atoms with E-state index in [4.69, 9.17) is 19.2 Å². The van der Waals surface area contributed by atoms with Crippen molar-refractivity contribution in [1.82, 2.24) is 34.6 Å². The number of carbonyl (C=O) groups is 2. The highest BCUT2D eigenvalue weighted by molar-refractivity contribution is 5.97. The van der Waals surface area contributed by atoms with Crippen molar-refractivity contribution in [3.8, 4) is 17.2 Å². The molecule has 0 N–H and O–H groups in total. The number of benzene rings is 1. The first-order chi connectivity index (χ1) is 25.5. The van der Waals surface area contributed by atoms with Gasteiger partial charge in [0.15, 0.2) is 11.6 Å². The number of cyclic esters (lactones) is 1. The van der Waals surface area contributed by atoms with Crippen molar-refractivity contribution >= 4 is 17.8 Å². The zero-order valence-electron chi connectivity index (χ0n) is 31.1. The van der Waals surface area contributed by atoms with Crippen LogP contribution < -0.4 is 14.4 Å². The summed E-state index contributed by atoms with van der Waals surface area (Å²) in [5, 5.41) is 0. The lowest BCUT2D eigenvalue weighted by atomic mass is 9.61. The second-order valence-electron chi connectivity index (χ2n) is 15.8. The molecule has 6 heterocycles. The summed E-state index contributed by atoms with van der Waals surface area (Å²) < 4.78 is 32.5. The Morgan fingerprint density at radius 2 is 1.87 bits per heavy atom. The lowest BCUT2D eigenvalue weighted by Crippen LogP contribution is -2.68. The molecule has 2 amide bonds. The van der Waals surface area contributed by atoms with Crippen LogP contribution in [-0.4, -0.2) is 130 Å². The van der Waals surface area contributed by atoms with Gasteiger partial charge in [-0.15, -0.1) is 0 Å². The molecule has 13 nitrogen and oxygen atoms in total. The number of ether oxygens (including phenoxy) is 3. The largest absolute Gasteiger partial charge is 0.490 e. The van der Waals surface area contributed by atoms with Crippen LogP contribution >= 0.6 is 0 Å². The maximum Gasteiger partial charge on any atom is 0.410 e. The summed E-state index contributed by atoms with van der Waals surface area (Å²) in [7, 11) is 1.84. The van der Waals surface area contributed by atoms with Gasteiger partial charge in [-0.25, -0.2) is 19.2 Å². The molecule has 282 valence electrons. The molecule has 1 aliphatic carbocycles. The Labute approximate surface area is 310 Å². The molecule has 0 bridgehead atoms. The highest BCUT2D eigenvalue weighted by atomic mass is 19.1. The molecule has 4 aliphatic heterocycles. The van der Waals surface area contributed by atoms with Gasteiger partial charge in [-0.2, -0.15) is 0 Å². The van der Waals surface area contributed by atoms with Crippen LogP contribution in [0, 0.1) is 11.2 Å². The third-order valence-electron chi connectivity index (χ3n) is 11.8. The molecular weight excluding hydrogens is 679 g/mol. The second-order valence-corrected chi connectivity index (χ2v) is 15.8. The van der Waals surface area contributed by atoms with Crippen LogP contribution in [0.15, 0.2) is 43.0 Å². The molecule has 2 aromatic heterocycles. The molecular formula is C39H49FN8O5. The van der Waals surface area contributed by atoms with Crippen molar-refractivity contribution in [2.45, 2.75) is 70.7 Å². The number of carbonyl (C=O) groups excluding carboxylic acids is 2. The molecule has 8 rings (SSSR count). The first-order valence-electron chi connectivity index (χ1n) is 18.9. The summed E-state index contributed by atoms with van der Waals surface area (Å²) >= 11 is 0. The van der Waals surface area contributed by atoms with Crippen molar-refractivity contribution < 1.29 is 28.2 Å². The number of likely N-dealkylation sites (tertiary alicyclic amines) is 1. The van der Waals surface area contributed by atoms with Crippen LogP contribution in [0.2, 0.25) is 0 Å². The Bertz CT molecular complexity index is 1860. The average Bonchev–Trinajstić information content (AvgIpc) is 3.39. The molecule has 0 radical (unpaired) electrons. The summed E-state index contributed by atoms with van der Waals surface area (Å²) in [6.45, 7) is 14.0. The van der Waals surface area contributed by atoms with E-state index in [0.717, 1.165) is 89.5 Å². The number of amides is 2. The highest BCUT2D eigenvalue weighted by Gasteiger charge is 2.55. The van der Waals surface area contributed by atoms with Crippen LogP contribution in [0.3, 0.4) is 0 Å². The Kier molecular flexibility index (Phi) is 9.38. The number of likely N-dealkylation sites (N-methyl/N-ethyl adjacent to an activating group) is 1. The van der Waals surface area contributed by atoms with E-state index in [1.165, 1.54) is 30.1 Å². The van der Waals surface area contributed by atoms with E-state index in [9.17, 15) is 14.0 Å². The number of anilines is 1. The monoisotopic (exact) mass is 728 g/mol. The number of aromatic nitrogens is 3. The summed E-state index contributed by atoms with van der Waals surface area (Å²) in [5.41, 5.74) is 2.52. The molecule has 5 aliphatic rings. The van der Waals surface area contributed by atoms with E-state index < -0.39 is 5.82 Å². The van der Waals surface area contributed by atoms with Gasteiger partial charge >= 0.3 is 6.09 Å². The number of fused-ring (bicyclic) bond motifs is 1. The lowest BCUT2D eigenvalue weighted by molar-refractivity contribution is -0.0353. The minimum atomic E-state index is -0.499. The third kappa shape index (κ3) is 6.75. The van der Waals surface area contributed by atoms with Gasteiger partial charge in [0.05, 0.1) is 11.8 Å². The van der Waals surface area contributed by atoms with Gasteiger partial charge in [-0.1, -0.05) is 0 Å². The van der Waals surface area contributed by atoms with Gasteiger partial charge in [-0.05, 0) is 77.4 Å². The first-order valence-corrected chi connectivity index (χ1v) is 18.9. The van der Waals surface area contributed by atoms with Crippen molar-refractivity contribution in [3.63, 3.8) is 0 Å². The number of hydrogen-bond acceptors (Lipinski definition) is 11. The van der Waals surface area contributed by atoms with Crippen molar-refractivity contribution in [2.75, 3.05) is 70.9 Å². The molecule has 4 fully saturated rings. The standard InChI is InChI=1S/C39H49FN8O5/c1-5-48(26(2)3)36(49)29-15-27(40)7-8-32(29)53-34-18-41-25-43-35(34)47-20-38(21-47)16-28(17-38)52-33-9-11-42-31-10-14-45(19-30(31)33)12-6-13-46-22-39(23-46)24-51-37(50)44(39)4/h7-9,11,15,18,25-26,28H,5-6,10,12-14,16-17,19-24H2,1-4H3. The van der Waals surface area contributed by atoms with Crippen LogP contribution in [0.1, 0.15) is 61.6 Å². The molecule has 2 spiro atoms. The zero-order chi connectivity index (χ0) is 36.9. The number of halogens is 1. The topological polar surface area (TPSA) is 117 Å². The quantitative estimate of drug-likeness (QED) is 0.261. The smallest absolute Gasteiger partial charge is 0.410 e. The molecule has 53 heavy (non-hydrogen) atoms.